The third-order valence-corrected chi connectivity index (χ3v) is 8.53. The molecular formula is C33H53N5O6. The molecule has 3 aliphatic rings. The normalized spacial score (nSPS) is 21.2. The average Bonchev–Trinajstić information content (AvgIpc) is 3.41. The quantitative estimate of drug-likeness (QED) is 0.442. The number of ether oxygens (including phenoxy) is 1. The van der Waals surface area contributed by atoms with Crippen molar-refractivity contribution in [2.75, 3.05) is 13.6 Å². The maximum atomic E-state index is 13.5. The maximum Gasteiger partial charge on any atom is 0.410 e. The van der Waals surface area contributed by atoms with Gasteiger partial charge in [-0.3, -0.25) is 19.3 Å². The molecule has 5 N–H and O–H groups in total. The number of hydrogen-bond acceptors (Lipinski definition) is 7. The maximum absolute atomic E-state index is 13.5. The van der Waals surface area contributed by atoms with E-state index in [1.807, 2.05) is 6.79 Å². The number of fused-ring (bicyclic) bond motifs is 1. The highest BCUT2D eigenvalue weighted by Gasteiger charge is 2.43. The van der Waals surface area contributed by atoms with Gasteiger partial charge in [-0.15, -0.1) is 0 Å². The van der Waals surface area contributed by atoms with E-state index in [0.29, 0.717) is 6.42 Å². The zero-order chi connectivity index (χ0) is 33.0. The second-order valence-electron chi connectivity index (χ2n) is 13.0. The molecular weight excluding hydrogens is 562 g/mol. The fraction of sp³-hybridized carbons (Fsp3) is 0.667. The molecule has 246 valence electrons. The predicted octanol–water partition coefficient (Wildman–Crippen LogP) is 3.10. The van der Waals surface area contributed by atoms with Crippen molar-refractivity contribution in [3.05, 3.63) is 35.4 Å². The lowest BCUT2D eigenvalue weighted by molar-refractivity contribution is -0.142. The highest BCUT2D eigenvalue weighted by molar-refractivity contribution is 5.94. The number of nitrogens with two attached hydrogens (primary N) is 2. The summed E-state index contributed by atoms with van der Waals surface area (Å²) < 4.78 is 5.34. The summed E-state index contributed by atoms with van der Waals surface area (Å²) in [5.74, 6) is -1.45. The summed E-state index contributed by atoms with van der Waals surface area (Å²) in [4.78, 5) is 61.4. The van der Waals surface area contributed by atoms with Crippen LogP contribution in [0, 0.1) is 5.92 Å². The fourth-order valence-electron chi connectivity index (χ4n) is 6.03. The van der Waals surface area contributed by atoms with Crippen LogP contribution in [0.15, 0.2) is 24.3 Å². The number of rotatable bonds is 6. The van der Waals surface area contributed by atoms with Gasteiger partial charge in [0, 0.05) is 19.6 Å². The Morgan fingerprint density at radius 2 is 1.55 bits per heavy atom. The van der Waals surface area contributed by atoms with Gasteiger partial charge in [-0.2, -0.15) is 0 Å². The van der Waals surface area contributed by atoms with Crippen LogP contribution in [0.3, 0.4) is 0 Å². The van der Waals surface area contributed by atoms with Crippen LogP contribution in [-0.2, 0) is 36.8 Å². The third kappa shape index (κ3) is 10.6. The molecule has 1 aromatic rings. The molecule has 1 aromatic carbocycles. The minimum absolute atomic E-state index is 0.0513. The Morgan fingerprint density at radius 3 is 2.05 bits per heavy atom. The Balaban J connectivity index is 0.000000465. The van der Waals surface area contributed by atoms with Gasteiger partial charge in [-0.1, -0.05) is 43.5 Å². The third-order valence-electron chi connectivity index (χ3n) is 8.53. The summed E-state index contributed by atoms with van der Waals surface area (Å²) >= 11 is 0. The molecule has 1 aliphatic heterocycles. The van der Waals surface area contributed by atoms with Gasteiger partial charge in [-0.25, -0.2) is 4.79 Å². The van der Waals surface area contributed by atoms with Gasteiger partial charge in [0.1, 0.15) is 30.5 Å². The van der Waals surface area contributed by atoms with Crippen LogP contribution in [0.5, 0.6) is 0 Å². The van der Waals surface area contributed by atoms with Gasteiger partial charge in [0.25, 0.3) is 0 Å². The number of aryl methyl sites for hydroxylation is 2. The zero-order valence-corrected chi connectivity index (χ0v) is 27.2. The van der Waals surface area contributed by atoms with Crippen molar-refractivity contribution in [3.63, 3.8) is 0 Å². The number of benzene rings is 1. The monoisotopic (exact) mass is 615 g/mol. The van der Waals surface area contributed by atoms with E-state index in [1.165, 1.54) is 42.5 Å². The largest absolute Gasteiger partial charge is 0.444 e. The molecule has 44 heavy (non-hydrogen) atoms. The topological polar surface area (TPSA) is 165 Å². The molecule has 0 aromatic heterocycles. The van der Waals surface area contributed by atoms with E-state index >= 15 is 0 Å². The van der Waals surface area contributed by atoms with Crippen molar-refractivity contribution in [1.82, 2.24) is 15.1 Å². The molecule has 1 saturated carbocycles. The second-order valence-corrected chi connectivity index (χ2v) is 13.0. The minimum atomic E-state index is -0.850. The van der Waals surface area contributed by atoms with Crippen LogP contribution >= 0.6 is 0 Å². The summed E-state index contributed by atoms with van der Waals surface area (Å²) in [5, 5.41) is 2.86. The van der Waals surface area contributed by atoms with Gasteiger partial charge in [0.2, 0.25) is 17.7 Å². The molecule has 3 unspecified atom stereocenters. The minimum Gasteiger partial charge on any atom is -0.444 e. The number of hydrogen-bond donors (Lipinski definition) is 3. The van der Waals surface area contributed by atoms with Crippen molar-refractivity contribution >= 4 is 30.6 Å². The predicted molar refractivity (Wildman–Crippen MR) is 169 cm³/mol. The van der Waals surface area contributed by atoms with E-state index in [-0.39, 0.29) is 24.4 Å². The van der Waals surface area contributed by atoms with Crippen molar-refractivity contribution in [2.45, 2.75) is 122 Å². The summed E-state index contributed by atoms with van der Waals surface area (Å²) in [6, 6.07) is 6.04. The van der Waals surface area contributed by atoms with Gasteiger partial charge >= 0.3 is 6.09 Å². The summed E-state index contributed by atoms with van der Waals surface area (Å²) in [6.07, 6.45) is 9.68. The first-order valence-electron chi connectivity index (χ1n) is 15.8. The van der Waals surface area contributed by atoms with Gasteiger partial charge in [0.15, 0.2) is 0 Å². The highest BCUT2D eigenvalue weighted by atomic mass is 16.6. The molecule has 0 bridgehead atoms. The molecule has 4 rings (SSSR count). The molecule has 1 heterocycles. The first kappa shape index (κ1) is 36.7. The van der Waals surface area contributed by atoms with E-state index < -0.39 is 41.6 Å². The molecule has 4 amide bonds. The fourth-order valence-corrected chi connectivity index (χ4v) is 6.03. The molecule has 0 spiro atoms. The Hall–Kier alpha value is -3.47. The van der Waals surface area contributed by atoms with E-state index in [2.05, 4.69) is 29.6 Å². The second kappa shape index (κ2) is 17.1. The van der Waals surface area contributed by atoms with E-state index in [9.17, 15) is 19.2 Å². The molecule has 1 saturated heterocycles. The van der Waals surface area contributed by atoms with Gasteiger partial charge < -0.3 is 31.2 Å². The standard InChI is InChI=1S/C22H39N5O5.C10H12.CH2O/c1-13(26(5)21(31)32-22(2,3)4)19(29)25-17(14-9-7-6-8-10-14)20(30)27-12-15(23)11-16(27)18(24)28;1-2-6-10-8-4-3-7-9(10)5-1;1-2/h13-17H,6-12,23H2,1-5H3,(H2,24,28)(H,25,29);1-2,5-6H,3-4,7-8H2;1H2/t13-,15?,16?,17?;;/m0../s1. The average molecular weight is 616 g/mol. The Bertz CT molecular complexity index is 1090. The van der Waals surface area contributed by atoms with Gasteiger partial charge in [0.05, 0.1) is 0 Å². The summed E-state index contributed by atoms with van der Waals surface area (Å²) in [5.41, 5.74) is 14.0. The Morgan fingerprint density at radius 1 is 1.00 bits per heavy atom. The molecule has 11 nitrogen and oxygen atoms in total. The zero-order valence-electron chi connectivity index (χ0n) is 27.2. The van der Waals surface area contributed by atoms with Crippen LogP contribution in [0.4, 0.5) is 4.79 Å². The number of nitrogens with zero attached hydrogens (tertiary/aromatic N) is 2. The van der Waals surface area contributed by atoms with Crippen LogP contribution in [-0.4, -0.2) is 83.8 Å². The number of carbonyl (C=O) groups is 5. The van der Waals surface area contributed by atoms with E-state index in [0.717, 1.165) is 32.1 Å². The first-order chi connectivity index (χ1) is 20.8. The van der Waals surface area contributed by atoms with E-state index in [1.54, 1.807) is 38.8 Å². The molecule has 2 fully saturated rings. The lowest BCUT2D eigenvalue weighted by Crippen LogP contribution is -2.58. The molecule has 2 aliphatic carbocycles. The number of primary amides is 1. The molecule has 4 atom stereocenters. The number of nitrogens with one attached hydrogen (secondary N) is 1. The van der Waals surface area contributed by atoms with Crippen LogP contribution in [0.25, 0.3) is 0 Å². The van der Waals surface area contributed by atoms with E-state index in [4.69, 9.17) is 21.0 Å². The summed E-state index contributed by atoms with van der Waals surface area (Å²) in [6.45, 7) is 9.05. The smallest absolute Gasteiger partial charge is 0.410 e. The van der Waals surface area contributed by atoms with Crippen LogP contribution in [0.1, 0.15) is 90.2 Å². The highest BCUT2D eigenvalue weighted by Crippen LogP contribution is 2.29. The number of carbonyl (C=O) groups excluding carboxylic acids is 5. The lowest BCUT2D eigenvalue weighted by Gasteiger charge is -2.35. The number of likely N-dealkylation sites (N-methyl/N-ethyl adjacent to an activating group) is 1. The lowest BCUT2D eigenvalue weighted by atomic mass is 9.83. The van der Waals surface area contributed by atoms with Crippen molar-refractivity contribution < 1.29 is 28.7 Å². The molecule has 0 radical (unpaired) electrons. The SMILES string of the molecule is C=O.C[C@@H](C(=O)NC(C(=O)N1CC(N)CC1C(N)=O)C1CCCCC1)N(C)C(=O)OC(C)(C)C.c1ccc2c(c1)CCCC2. The first-order valence-corrected chi connectivity index (χ1v) is 15.8. The van der Waals surface area contributed by atoms with Crippen molar-refractivity contribution in [1.29, 1.82) is 0 Å². The molecule has 11 heteroatoms. The van der Waals surface area contributed by atoms with Crippen LogP contribution in [0.2, 0.25) is 0 Å². The van der Waals surface area contributed by atoms with Gasteiger partial charge in [-0.05, 0) is 89.7 Å². The summed E-state index contributed by atoms with van der Waals surface area (Å²) in [7, 11) is 1.48. The Labute approximate surface area is 262 Å². The number of amides is 4. The van der Waals surface area contributed by atoms with Crippen LogP contribution < -0.4 is 16.8 Å². The van der Waals surface area contributed by atoms with Crippen molar-refractivity contribution in [3.8, 4) is 0 Å². The Kier molecular flexibility index (Phi) is 14.3. The van der Waals surface area contributed by atoms with Crippen molar-refractivity contribution in [2.24, 2.45) is 17.4 Å². The number of likely N-dealkylation sites (tertiary alicyclic amines) is 1.